The minimum Gasteiger partial charge on any atom is -0.459 e. The lowest BCUT2D eigenvalue weighted by atomic mass is 10.00. The van der Waals surface area contributed by atoms with Crippen LogP contribution >= 0.6 is 0 Å². The SMILES string of the molecule is Cc1ccc2oc(C(N)c3cc(F)ccc3C)cc2c1. The van der Waals surface area contributed by atoms with Crippen LogP contribution in [0.4, 0.5) is 4.39 Å². The molecule has 2 N–H and O–H groups in total. The Morgan fingerprint density at radius 1 is 1.05 bits per heavy atom. The van der Waals surface area contributed by atoms with Crippen LogP contribution in [0, 0.1) is 19.7 Å². The second-order valence-electron chi connectivity index (χ2n) is 5.17. The van der Waals surface area contributed by atoms with Crippen molar-refractivity contribution in [2.75, 3.05) is 0 Å². The predicted molar refractivity (Wildman–Crippen MR) is 78.1 cm³/mol. The van der Waals surface area contributed by atoms with Gasteiger partial charge >= 0.3 is 0 Å². The van der Waals surface area contributed by atoms with Crippen molar-refractivity contribution >= 4 is 11.0 Å². The summed E-state index contributed by atoms with van der Waals surface area (Å²) in [6.07, 6.45) is 0. The molecule has 0 aliphatic rings. The van der Waals surface area contributed by atoms with E-state index in [-0.39, 0.29) is 5.82 Å². The van der Waals surface area contributed by atoms with Crippen molar-refractivity contribution in [3.63, 3.8) is 0 Å². The second kappa shape index (κ2) is 4.76. The number of furan rings is 1. The Balaban J connectivity index is 2.07. The Bertz CT molecular complexity index is 776. The second-order valence-corrected chi connectivity index (χ2v) is 5.17. The number of nitrogens with two attached hydrogens (primary N) is 1. The molecule has 1 atom stereocenters. The standard InChI is InChI=1S/C17H16FNO/c1-10-3-6-15-12(7-10)8-16(20-15)17(19)14-9-13(18)5-4-11(14)2/h3-9,17H,19H2,1-2H3. The molecular weight excluding hydrogens is 253 g/mol. The molecule has 0 radical (unpaired) electrons. The molecule has 2 nitrogen and oxygen atoms in total. The zero-order valence-electron chi connectivity index (χ0n) is 11.5. The van der Waals surface area contributed by atoms with E-state index in [9.17, 15) is 4.39 Å². The molecule has 0 spiro atoms. The molecular formula is C17H16FNO. The highest BCUT2D eigenvalue weighted by molar-refractivity contribution is 5.79. The summed E-state index contributed by atoms with van der Waals surface area (Å²) in [6.45, 7) is 3.95. The van der Waals surface area contributed by atoms with E-state index in [2.05, 4.69) is 0 Å². The van der Waals surface area contributed by atoms with Crippen LogP contribution in [0.3, 0.4) is 0 Å². The third-order valence-electron chi connectivity index (χ3n) is 3.57. The van der Waals surface area contributed by atoms with Crippen molar-refractivity contribution in [1.29, 1.82) is 0 Å². The summed E-state index contributed by atoms with van der Waals surface area (Å²) in [5.74, 6) is 0.368. The number of aryl methyl sites for hydroxylation is 2. The molecule has 0 fully saturated rings. The van der Waals surface area contributed by atoms with Crippen LogP contribution < -0.4 is 5.73 Å². The van der Waals surface area contributed by atoms with Gasteiger partial charge in [0.15, 0.2) is 0 Å². The van der Waals surface area contributed by atoms with Gasteiger partial charge in [-0.2, -0.15) is 0 Å². The maximum absolute atomic E-state index is 13.4. The lowest BCUT2D eigenvalue weighted by Crippen LogP contribution is -2.12. The van der Waals surface area contributed by atoms with Crippen molar-refractivity contribution < 1.29 is 8.81 Å². The Morgan fingerprint density at radius 3 is 2.65 bits per heavy atom. The zero-order valence-corrected chi connectivity index (χ0v) is 11.5. The molecule has 3 aromatic rings. The van der Waals surface area contributed by atoms with Crippen LogP contribution in [0.1, 0.15) is 28.5 Å². The topological polar surface area (TPSA) is 39.2 Å². The minimum atomic E-state index is -0.460. The lowest BCUT2D eigenvalue weighted by molar-refractivity contribution is 0.522. The molecule has 102 valence electrons. The molecule has 1 aromatic heterocycles. The molecule has 3 rings (SSSR count). The van der Waals surface area contributed by atoms with Crippen molar-refractivity contribution in [2.45, 2.75) is 19.9 Å². The van der Waals surface area contributed by atoms with Gasteiger partial charge in [0.1, 0.15) is 17.2 Å². The number of rotatable bonds is 2. The fourth-order valence-corrected chi connectivity index (χ4v) is 2.44. The molecule has 3 heteroatoms. The first-order valence-corrected chi connectivity index (χ1v) is 6.56. The van der Waals surface area contributed by atoms with Gasteiger partial charge in [-0.05, 0) is 55.3 Å². The molecule has 1 heterocycles. The highest BCUT2D eigenvalue weighted by atomic mass is 19.1. The summed E-state index contributed by atoms with van der Waals surface area (Å²) in [6, 6.07) is 12.1. The summed E-state index contributed by atoms with van der Waals surface area (Å²) in [7, 11) is 0. The fraction of sp³-hybridized carbons (Fsp3) is 0.176. The smallest absolute Gasteiger partial charge is 0.134 e. The molecule has 1 unspecified atom stereocenters. The maximum atomic E-state index is 13.4. The highest BCUT2D eigenvalue weighted by Crippen LogP contribution is 2.29. The summed E-state index contributed by atoms with van der Waals surface area (Å²) >= 11 is 0. The van der Waals surface area contributed by atoms with E-state index in [4.69, 9.17) is 10.2 Å². The van der Waals surface area contributed by atoms with Gasteiger partial charge in [-0.1, -0.05) is 17.7 Å². The molecule has 0 bridgehead atoms. The number of benzene rings is 2. The largest absolute Gasteiger partial charge is 0.459 e. The number of hydrogen-bond donors (Lipinski definition) is 1. The van der Waals surface area contributed by atoms with Crippen LogP contribution in [-0.4, -0.2) is 0 Å². The van der Waals surface area contributed by atoms with E-state index in [1.54, 1.807) is 6.07 Å². The third-order valence-corrected chi connectivity index (χ3v) is 3.57. The predicted octanol–water partition coefficient (Wildman–Crippen LogP) is 4.24. The summed E-state index contributed by atoms with van der Waals surface area (Å²) in [5, 5.41) is 1.02. The summed E-state index contributed by atoms with van der Waals surface area (Å²) in [5.41, 5.74) is 9.90. The first-order chi connectivity index (χ1) is 9.54. The van der Waals surface area contributed by atoms with Crippen molar-refractivity contribution in [3.8, 4) is 0 Å². The highest BCUT2D eigenvalue weighted by Gasteiger charge is 2.16. The molecule has 0 aliphatic carbocycles. The Labute approximate surface area is 117 Å². The van der Waals surface area contributed by atoms with Gasteiger partial charge in [0, 0.05) is 5.39 Å². The van der Waals surface area contributed by atoms with Gasteiger partial charge in [0.05, 0.1) is 6.04 Å². The molecule has 0 saturated carbocycles. The summed E-state index contributed by atoms with van der Waals surface area (Å²) in [4.78, 5) is 0. The lowest BCUT2D eigenvalue weighted by Gasteiger charge is -2.12. The zero-order chi connectivity index (χ0) is 14.3. The normalized spacial score (nSPS) is 12.8. The van der Waals surface area contributed by atoms with Crippen molar-refractivity contribution in [1.82, 2.24) is 0 Å². The first-order valence-electron chi connectivity index (χ1n) is 6.56. The van der Waals surface area contributed by atoms with Crippen LogP contribution in [0.2, 0.25) is 0 Å². The maximum Gasteiger partial charge on any atom is 0.134 e. The number of hydrogen-bond acceptors (Lipinski definition) is 2. The molecule has 0 aliphatic heterocycles. The number of fused-ring (bicyclic) bond motifs is 1. The van der Waals surface area contributed by atoms with E-state index in [0.717, 1.165) is 22.1 Å². The Kier molecular flexibility index (Phi) is 3.07. The van der Waals surface area contributed by atoms with Gasteiger partial charge < -0.3 is 10.2 Å². The van der Waals surface area contributed by atoms with E-state index in [1.807, 2.05) is 38.1 Å². The molecule has 2 aromatic carbocycles. The Hall–Kier alpha value is -2.13. The molecule has 0 saturated heterocycles. The van der Waals surface area contributed by atoms with Gasteiger partial charge in [0.2, 0.25) is 0 Å². The van der Waals surface area contributed by atoms with Gasteiger partial charge in [-0.15, -0.1) is 0 Å². The van der Waals surface area contributed by atoms with E-state index in [0.29, 0.717) is 5.76 Å². The van der Waals surface area contributed by atoms with Gasteiger partial charge in [-0.25, -0.2) is 4.39 Å². The summed E-state index contributed by atoms with van der Waals surface area (Å²) < 4.78 is 19.2. The van der Waals surface area contributed by atoms with Crippen LogP contribution in [0.25, 0.3) is 11.0 Å². The van der Waals surface area contributed by atoms with Crippen LogP contribution in [0.5, 0.6) is 0 Å². The van der Waals surface area contributed by atoms with Crippen LogP contribution in [0.15, 0.2) is 46.9 Å². The van der Waals surface area contributed by atoms with E-state index >= 15 is 0 Å². The quantitative estimate of drug-likeness (QED) is 0.756. The molecule has 0 amide bonds. The molecule has 20 heavy (non-hydrogen) atoms. The minimum absolute atomic E-state index is 0.284. The van der Waals surface area contributed by atoms with Gasteiger partial charge in [-0.3, -0.25) is 0 Å². The average molecular weight is 269 g/mol. The number of halogens is 1. The Morgan fingerprint density at radius 2 is 1.85 bits per heavy atom. The van der Waals surface area contributed by atoms with E-state index in [1.165, 1.54) is 17.7 Å². The third kappa shape index (κ3) is 2.21. The van der Waals surface area contributed by atoms with E-state index < -0.39 is 6.04 Å². The van der Waals surface area contributed by atoms with Crippen molar-refractivity contribution in [2.24, 2.45) is 5.73 Å². The monoisotopic (exact) mass is 269 g/mol. The van der Waals surface area contributed by atoms with Gasteiger partial charge in [0.25, 0.3) is 0 Å². The van der Waals surface area contributed by atoms with Crippen LogP contribution in [-0.2, 0) is 0 Å². The average Bonchev–Trinajstić information content (AvgIpc) is 2.83. The fourth-order valence-electron chi connectivity index (χ4n) is 2.44. The van der Waals surface area contributed by atoms with Crippen molar-refractivity contribution in [3.05, 3.63) is 70.7 Å². The first kappa shape index (κ1) is 12.9.